The number of para-hydroxylation sites is 1. The van der Waals surface area contributed by atoms with Crippen LogP contribution < -0.4 is 10.2 Å². The number of nitrogens with zero attached hydrogens (tertiary/aromatic N) is 1. The Labute approximate surface area is 167 Å². The zero-order chi connectivity index (χ0) is 21.2. The van der Waals surface area contributed by atoms with Crippen LogP contribution in [0.3, 0.4) is 0 Å². The van der Waals surface area contributed by atoms with Gasteiger partial charge in [0.2, 0.25) is 0 Å². The molecule has 1 aliphatic heterocycles. The lowest BCUT2D eigenvalue weighted by atomic mass is 10.0. The molecule has 150 valence electrons. The van der Waals surface area contributed by atoms with Crippen LogP contribution in [0.2, 0.25) is 0 Å². The number of esters is 1. The molecule has 0 spiro atoms. The van der Waals surface area contributed by atoms with Gasteiger partial charge in [0, 0.05) is 11.4 Å². The minimum Gasteiger partial charge on any atom is -0.507 e. The van der Waals surface area contributed by atoms with Crippen molar-refractivity contribution in [3.05, 3.63) is 65.9 Å². The van der Waals surface area contributed by atoms with Crippen LogP contribution >= 0.6 is 0 Å². The highest BCUT2D eigenvalue weighted by atomic mass is 16.5. The SMILES string of the molecule is CCOC(=O)[C@@]1(C)C=C(Nc2ccc(O)c(C(=O)O)c2)C(=O)N1c1ccccc1. The Hall–Kier alpha value is -3.81. The number of carbonyl (C=O) groups excluding carboxylic acids is 2. The third-order valence-corrected chi connectivity index (χ3v) is 4.53. The molecule has 1 amide bonds. The number of anilines is 2. The number of aromatic hydroxyl groups is 1. The highest BCUT2D eigenvalue weighted by Gasteiger charge is 2.49. The summed E-state index contributed by atoms with van der Waals surface area (Å²) in [7, 11) is 0. The van der Waals surface area contributed by atoms with E-state index in [0.29, 0.717) is 5.69 Å². The van der Waals surface area contributed by atoms with Gasteiger partial charge in [-0.2, -0.15) is 0 Å². The number of ether oxygens (including phenoxy) is 1. The van der Waals surface area contributed by atoms with Gasteiger partial charge in [-0.15, -0.1) is 0 Å². The van der Waals surface area contributed by atoms with Crippen molar-refractivity contribution in [1.82, 2.24) is 0 Å². The number of carbonyl (C=O) groups is 3. The van der Waals surface area contributed by atoms with Crippen molar-refractivity contribution in [1.29, 1.82) is 0 Å². The number of aromatic carboxylic acids is 1. The minimum atomic E-state index is -1.39. The van der Waals surface area contributed by atoms with Gasteiger partial charge in [0.05, 0.1) is 6.61 Å². The largest absolute Gasteiger partial charge is 0.507 e. The second-order valence-electron chi connectivity index (χ2n) is 6.56. The summed E-state index contributed by atoms with van der Waals surface area (Å²) in [6, 6.07) is 12.6. The zero-order valence-corrected chi connectivity index (χ0v) is 15.9. The van der Waals surface area contributed by atoms with Gasteiger partial charge in [0.15, 0.2) is 5.54 Å². The van der Waals surface area contributed by atoms with Crippen LogP contribution in [0.5, 0.6) is 5.75 Å². The molecule has 0 unspecified atom stereocenters. The molecule has 0 aliphatic carbocycles. The number of rotatable bonds is 6. The quantitative estimate of drug-likeness (QED) is 0.508. The number of benzene rings is 2. The Kier molecular flexibility index (Phi) is 5.27. The van der Waals surface area contributed by atoms with E-state index in [0.717, 1.165) is 0 Å². The molecule has 1 heterocycles. The number of hydrogen-bond donors (Lipinski definition) is 3. The Morgan fingerprint density at radius 1 is 1.17 bits per heavy atom. The second kappa shape index (κ2) is 7.67. The molecule has 2 aromatic rings. The van der Waals surface area contributed by atoms with Crippen LogP contribution in [-0.2, 0) is 14.3 Å². The average Bonchev–Trinajstić information content (AvgIpc) is 2.95. The lowest BCUT2D eigenvalue weighted by molar-refractivity contribution is -0.147. The van der Waals surface area contributed by atoms with Gasteiger partial charge in [0.1, 0.15) is 17.0 Å². The number of nitrogens with one attached hydrogen (secondary N) is 1. The summed E-state index contributed by atoms with van der Waals surface area (Å²) in [5.41, 5.74) is -0.817. The number of amides is 1. The predicted molar refractivity (Wildman–Crippen MR) is 106 cm³/mol. The molecule has 1 atom stereocenters. The molecule has 0 saturated carbocycles. The molecule has 3 N–H and O–H groups in total. The van der Waals surface area contributed by atoms with Gasteiger partial charge in [-0.3, -0.25) is 9.69 Å². The second-order valence-corrected chi connectivity index (χ2v) is 6.56. The normalized spacial score (nSPS) is 18.3. The van der Waals surface area contributed by atoms with Crippen molar-refractivity contribution >= 4 is 29.2 Å². The monoisotopic (exact) mass is 396 g/mol. The first kappa shape index (κ1) is 19.9. The number of carboxylic acids is 1. The van der Waals surface area contributed by atoms with E-state index in [1.807, 2.05) is 0 Å². The van der Waals surface area contributed by atoms with Crippen molar-refractivity contribution < 1.29 is 29.3 Å². The Balaban J connectivity index is 2.01. The first-order valence-corrected chi connectivity index (χ1v) is 8.91. The van der Waals surface area contributed by atoms with Crippen molar-refractivity contribution in [3.63, 3.8) is 0 Å². The summed E-state index contributed by atoms with van der Waals surface area (Å²) in [5.74, 6) is -2.76. The molecular weight excluding hydrogens is 376 g/mol. The Bertz CT molecular complexity index is 1000. The summed E-state index contributed by atoms with van der Waals surface area (Å²) in [6.07, 6.45) is 1.45. The van der Waals surface area contributed by atoms with Gasteiger partial charge in [-0.1, -0.05) is 18.2 Å². The molecule has 8 nitrogen and oxygen atoms in total. The first-order chi connectivity index (χ1) is 13.8. The molecule has 1 aliphatic rings. The van der Waals surface area contributed by atoms with Crippen LogP contribution in [0.15, 0.2) is 60.3 Å². The highest BCUT2D eigenvalue weighted by Crippen LogP contribution is 2.35. The topological polar surface area (TPSA) is 116 Å². The molecule has 0 bridgehead atoms. The standard InChI is InChI=1S/C21H20N2O6/c1-3-29-20(28)21(2)12-16(18(25)23(21)14-7-5-4-6-8-14)22-13-9-10-17(24)15(11-13)19(26)27/h4-12,22,24H,3H2,1-2H3,(H,26,27)/t21-/m1/s1. The molecule has 0 radical (unpaired) electrons. The van der Waals surface area contributed by atoms with Crippen LogP contribution in [0, 0.1) is 0 Å². The molecule has 3 rings (SSSR count). The van der Waals surface area contributed by atoms with E-state index in [-0.39, 0.29) is 23.6 Å². The van der Waals surface area contributed by atoms with E-state index < -0.39 is 29.1 Å². The minimum absolute atomic E-state index is 0.0893. The van der Waals surface area contributed by atoms with E-state index in [9.17, 15) is 19.5 Å². The van der Waals surface area contributed by atoms with Crippen molar-refractivity contribution in [2.75, 3.05) is 16.8 Å². The average molecular weight is 396 g/mol. The van der Waals surface area contributed by atoms with Gasteiger partial charge in [0.25, 0.3) is 5.91 Å². The number of phenols is 1. The lowest BCUT2D eigenvalue weighted by Crippen LogP contribution is -2.51. The molecule has 0 saturated heterocycles. The predicted octanol–water partition coefficient (Wildman–Crippen LogP) is 2.75. The highest BCUT2D eigenvalue weighted by molar-refractivity contribution is 6.16. The van der Waals surface area contributed by atoms with Crippen LogP contribution in [0.1, 0.15) is 24.2 Å². The van der Waals surface area contributed by atoms with E-state index >= 15 is 0 Å². The van der Waals surface area contributed by atoms with Gasteiger partial charge in [-0.25, -0.2) is 9.59 Å². The zero-order valence-electron chi connectivity index (χ0n) is 15.9. The smallest absolute Gasteiger partial charge is 0.339 e. The first-order valence-electron chi connectivity index (χ1n) is 8.91. The van der Waals surface area contributed by atoms with Gasteiger partial charge >= 0.3 is 11.9 Å². The third kappa shape index (κ3) is 3.64. The molecule has 8 heteroatoms. The van der Waals surface area contributed by atoms with E-state index in [4.69, 9.17) is 9.84 Å². The molecule has 29 heavy (non-hydrogen) atoms. The number of carboxylic acid groups (broad SMARTS) is 1. The van der Waals surface area contributed by atoms with Crippen LogP contribution in [0.4, 0.5) is 11.4 Å². The summed E-state index contributed by atoms with van der Waals surface area (Å²) in [6.45, 7) is 3.41. The summed E-state index contributed by atoms with van der Waals surface area (Å²) < 4.78 is 5.18. The van der Waals surface area contributed by atoms with E-state index in [2.05, 4.69) is 5.32 Å². The van der Waals surface area contributed by atoms with E-state index in [1.54, 1.807) is 44.2 Å². The van der Waals surface area contributed by atoms with Crippen molar-refractivity contribution in [2.45, 2.75) is 19.4 Å². The summed E-state index contributed by atoms with van der Waals surface area (Å²) in [4.78, 5) is 38.4. The Morgan fingerprint density at radius 3 is 2.48 bits per heavy atom. The molecule has 0 aromatic heterocycles. The molecule has 0 fully saturated rings. The molecule has 2 aromatic carbocycles. The van der Waals surface area contributed by atoms with Crippen molar-refractivity contribution in [3.8, 4) is 5.75 Å². The molecular formula is C21H20N2O6. The summed E-state index contributed by atoms with van der Waals surface area (Å²) in [5, 5.41) is 21.7. The maximum Gasteiger partial charge on any atom is 0.339 e. The van der Waals surface area contributed by atoms with Gasteiger partial charge < -0.3 is 20.3 Å². The van der Waals surface area contributed by atoms with Crippen LogP contribution in [0.25, 0.3) is 0 Å². The fraction of sp³-hybridized carbons (Fsp3) is 0.190. The fourth-order valence-electron chi connectivity index (χ4n) is 3.16. The fourth-order valence-corrected chi connectivity index (χ4v) is 3.16. The third-order valence-electron chi connectivity index (χ3n) is 4.53. The summed E-state index contributed by atoms with van der Waals surface area (Å²) >= 11 is 0. The maximum atomic E-state index is 13.1. The maximum absolute atomic E-state index is 13.1. The van der Waals surface area contributed by atoms with Crippen LogP contribution in [-0.4, -0.2) is 40.2 Å². The lowest BCUT2D eigenvalue weighted by Gasteiger charge is -2.32. The Morgan fingerprint density at radius 2 is 1.86 bits per heavy atom. The van der Waals surface area contributed by atoms with Gasteiger partial charge in [-0.05, 0) is 50.3 Å². The van der Waals surface area contributed by atoms with Crippen molar-refractivity contribution in [2.24, 2.45) is 0 Å². The number of hydrogen-bond acceptors (Lipinski definition) is 6. The van der Waals surface area contributed by atoms with E-state index in [1.165, 1.54) is 29.2 Å².